The molecule has 2 aromatic carbocycles. The van der Waals surface area contributed by atoms with E-state index in [0.717, 1.165) is 9.87 Å². The van der Waals surface area contributed by atoms with Crippen LogP contribution >= 0.6 is 11.6 Å². The second kappa shape index (κ2) is 8.99. The molecule has 5 nitrogen and oxygen atoms in total. The molecule has 134 valence electrons. The molecule has 7 heteroatoms. The Balaban J connectivity index is 1.93. The lowest BCUT2D eigenvalue weighted by Crippen LogP contribution is -2.41. The molecule has 0 aliphatic carbocycles. The number of hydrogen-bond donors (Lipinski definition) is 1. The maximum atomic E-state index is 12.6. The minimum absolute atomic E-state index is 0.121. The van der Waals surface area contributed by atoms with E-state index in [0.29, 0.717) is 18.0 Å². The highest BCUT2D eigenvalue weighted by Gasteiger charge is 2.25. The number of likely N-dealkylation sites (N-methyl/N-ethyl adjacent to an activating group) is 1. The van der Waals surface area contributed by atoms with Crippen molar-refractivity contribution in [3.63, 3.8) is 0 Å². The Kier molecular flexibility index (Phi) is 6.99. The first-order chi connectivity index (χ1) is 11.9. The van der Waals surface area contributed by atoms with Crippen molar-refractivity contribution < 1.29 is 13.2 Å². The topological polar surface area (TPSA) is 66.5 Å². The number of benzene rings is 2. The Morgan fingerprint density at radius 2 is 1.72 bits per heavy atom. The molecule has 0 radical (unpaired) electrons. The SMILES string of the molecule is CCN(CC(=O)NCCc1ccccc1)S(=O)(=O)c1ccc(Cl)cc1. The van der Waals surface area contributed by atoms with Gasteiger partial charge in [0.2, 0.25) is 15.9 Å². The maximum absolute atomic E-state index is 12.6. The Hall–Kier alpha value is -1.89. The third-order valence-electron chi connectivity index (χ3n) is 3.70. The van der Waals surface area contributed by atoms with E-state index >= 15 is 0 Å². The number of halogens is 1. The van der Waals surface area contributed by atoms with Gasteiger partial charge in [-0.2, -0.15) is 4.31 Å². The Bertz CT molecular complexity index is 793. The van der Waals surface area contributed by atoms with Gasteiger partial charge in [-0.3, -0.25) is 4.79 Å². The predicted molar refractivity (Wildman–Crippen MR) is 99.0 cm³/mol. The summed E-state index contributed by atoms with van der Waals surface area (Å²) in [6.07, 6.45) is 0.697. The van der Waals surface area contributed by atoms with Crippen molar-refractivity contribution in [2.75, 3.05) is 19.6 Å². The van der Waals surface area contributed by atoms with Gasteiger partial charge in [0.25, 0.3) is 0 Å². The van der Waals surface area contributed by atoms with Crippen LogP contribution in [-0.4, -0.2) is 38.3 Å². The summed E-state index contributed by atoms with van der Waals surface area (Å²) in [5, 5.41) is 3.22. The Morgan fingerprint density at radius 3 is 2.32 bits per heavy atom. The van der Waals surface area contributed by atoms with Gasteiger partial charge in [0.05, 0.1) is 11.4 Å². The van der Waals surface area contributed by atoms with E-state index in [1.807, 2.05) is 30.3 Å². The molecule has 0 bridgehead atoms. The second-order valence-electron chi connectivity index (χ2n) is 5.47. The van der Waals surface area contributed by atoms with Crippen molar-refractivity contribution in [2.24, 2.45) is 0 Å². The molecule has 0 heterocycles. The summed E-state index contributed by atoms with van der Waals surface area (Å²) in [5.74, 6) is -0.324. The van der Waals surface area contributed by atoms with Crippen LogP contribution in [0.1, 0.15) is 12.5 Å². The summed E-state index contributed by atoms with van der Waals surface area (Å²) < 4.78 is 26.4. The zero-order valence-electron chi connectivity index (χ0n) is 14.0. The van der Waals surface area contributed by atoms with Crippen molar-refractivity contribution >= 4 is 27.5 Å². The van der Waals surface area contributed by atoms with Gasteiger partial charge in [0, 0.05) is 18.1 Å². The van der Waals surface area contributed by atoms with Gasteiger partial charge in [0.1, 0.15) is 0 Å². The summed E-state index contributed by atoms with van der Waals surface area (Å²) in [5.41, 5.74) is 1.11. The third-order valence-corrected chi connectivity index (χ3v) is 5.89. The van der Waals surface area contributed by atoms with E-state index in [-0.39, 0.29) is 23.9 Å². The van der Waals surface area contributed by atoms with Gasteiger partial charge in [-0.1, -0.05) is 48.9 Å². The van der Waals surface area contributed by atoms with Crippen LogP contribution in [0.15, 0.2) is 59.5 Å². The van der Waals surface area contributed by atoms with E-state index in [9.17, 15) is 13.2 Å². The molecule has 2 aromatic rings. The molecule has 25 heavy (non-hydrogen) atoms. The molecule has 0 aliphatic rings. The van der Waals surface area contributed by atoms with Crippen LogP contribution in [0.2, 0.25) is 5.02 Å². The molecule has 0 saturated heterocycles. The van der Waals surface area contributed by atoms with Crippen LogP contribution in [0.25, 0.3) is 0 Å². The average molecular weight is 381 g/mol. The van der Waals surface area contributed by atoms with Crippen molar-refractivity contribution in [3.05, 3.63) is 65.2 Å². The van der Waals surface area contributed by atoms with Crippen molar-refractivity contribution in [2.45, 2.75) is 18.2 Å². The molecule has 0 atom stereocenters. The zero-order chi connectivity index (χ0) is 18.3. The van der Waals surface area contributed by atoms with E-state index in [4.69, 9.17) is 11.6 Å². The lowest BCUT2D eigenvalue weighted by atomic mass is 10.1. The lowest BCUT2D eigenvalue weighted by molar-refractivity contribution is -0.121. The van der Waals surface area contributed by atoms with Gasteiger partial charge in [-0.15, -0.1) is 0 Å². The molecule has 1 amide bonds. The number of carbonyl (C=O) groups is 1. The zero-order valence-corrected chi connectivity index (χ0v) is 15.6. The standard InChI is InChI=1S/C18H21ClN2O3S/c1-2-21(25(23,24)17-10-8-16(19)9-11-17)14-18(22)20-13-12-15-6-4-3-5-7-15/h3-11H,2,12-14H2,1H3,(H,20,22). The molecular weight excluding hydrogens is 360 g/mol. The first-order valence-corrected chi connectivity index (χ1v) is 9.81. The normalized spacial score (nSPS) is 11.5. The first-order valence-electron chi connectivity index (χ1n) is 8.00. The number of rotatable bonds is 8. The highest BCUT2D eigenvalue weighted by atomic mass is 35.5. The molecule has 0 unspecified atom stereocenters. The molecule has 0 aromatic heterocycles. The number of hydrogen-bond acceptors (Lipinski definition) is 3. The number of nitrogens with zero attached hydrogens (tertiary/aromatic N) is 1. The van der Waals surface area contributed by atoms with Gasteiger partial charge in [-0.05, 0) is 36.2 Å². The summed E-state index contributed by atoms with van der Waals surface area (Å²) in [4.78, 5) is 12.2. The van der Waals surface area contributed by atoms with Gasteiger partial charge in [-0.25, -0.2) is 8.42 Å². The number of amides is 1. The maximum Gasteiger partial charge on any atom is 0.243 e. The average Bonchev–Trinajstić information content (AvgIpc) is 2.61. The monoisotopic (exact) mass is 380 g/mol. The van der Waals surface area contributed by atoms with Crippen LogP contribution in [0.3, 0.4) is 0 Å². The molecule has 0 spiro atoms. The molecular formula is C18H21ClN2O3S. The number of sulfonamides is 1. The van der Waals surface area contributed by atoms with Crippen molar-refractivity contribution in [1.29, 1.82) is 0 Å². The van der Waals surface area contributed by atoms with E-state index < -0.39 is 10.0 Å². The summed E-state index contributed by atoms with van der Waals surface area (Å²) in [6, 6.07) is 15.7. The fraction of sp³-hybridized carbons (Fsp3) is 0.278. The minimum atomic E-state index is -3.73. The molecule has 0 aliphatic heterocycles. The van der Waals surface area contributed by atoms with Gasteiger partial charge < -0.3 is 5.32 Å². The largest absolute Gasteiger partial charge is 0.355 e. The van der Waals surface area contributed by atoms with Crippen LogP contribution < -0.4 is 5.32 Å². The van der Waals surface area contributed by atoms with Gasteiger partial charge >= 0.3 is 0 Å². The smallest absolute Gasteiger partial charge is 0.243 e. The fourth-order valence-electron chi connectivity index (χ4n) is 2.33. The van der Waals surface area contributed by atoms with E-state index in [2.05, 4.69) is 5.32 Å². The lowest BCUT2D eigenvalue weighted by Gasteiger charge is -2.20. The van der Waals surface area contributed by atoms with Crippen molar-refractivity contribution in [3.8, 4) is 0 Å². The molecule has 0 saturated carbocycles. The quantitative estimate of drug-likeness (QED) is 0.765. The molecule has 0 fully saturated rings. The van der Waals surface area contributed by atoms with Crippen molar-refractivity contribution in [1.82, 2.24) is 9.62 Å². The molecule has 1 N–H and O–H groups in total. The van der Waals surface area contributed by atoms with Crippen LogP contribution in [0, 0.1) is 0 Å². The first kappa shape index (κ1) is 19.4. The van der Waals surface area contributed by atoms with Crippen LogP contribution in [0.4, 0.5) is 0 Å². The highest BCUT2D eigenvalue weighted by molar-refractivity contribution is 7.89. The number of nitrogens with one attached hydrogen (secondary N) is 1. The predicted octanol–water partition coefficient (Wildman–Crippen LogP) is 2.71. The Labute approximate surface area is 153 Å². The van der Waals surface area contributed by atoms with E-state index in [1.54, 1.807) is 6.92 Å². The number of carbonyl (C=O) groups excluding carboxylic acids is 1. The third kappa shape index (κ3) is 5.56. The highest BCUT2D eigenvalue weighted by Crippen LogP contribution is 2.18. The Morgan fingerprint density at radius 1 is 1.08 bits per heavy atom. The molecule has 2 rings (SSSR count). The summed E-state index contributed by atoms with van der Waals surface area (Å²) in [6.45, 7) is 2.15. The van der Waals surface area contributed by atoms with Crippen LogP contribution in [0.5, 0.6) is 0 Å². The van der Waals surface area contributed by atoms with Gasteiger partial charge in [0.15, 0.2) is 0 Å². The fourth-order valence-corrected chi connectivity index (χ4v) is 3.86. The summed E-state index contributed by atoms with van der Waals surface area (Å²) in [7, 11) is -3.73. The van der Waals surface area contributed by atoms with Crippen LogP contribution in [-0.2, 0) is 21.2 Å². The van der Waals surface area contributed by atoms with E-state index in [1.165, 1.54) is 24.3 Å². The second-order valence-corrected chi connectivity index (χ2v) is 7.85. The summed E-state index contributed by atoms with van der Waals surface area (Å²) >= 11 is 5.79. The minimum Gasteiger partial charge on any atom is -0.355 e.